The Balaban J connectivity index is 1.85. The van der Waals surface area contributed by atoms with Gasteiger partial charge in [-0.1, -0.05) is 30.3 Å². The highest BCUT2D eigenvalue weighted by molar-refractivity contribution is 7.89. The molecule has 0 amide bonds. The van der Waals surface area contributed by atoms with Crippen LogP contribution in [0.25, 0.3) is 11.3 Å². The Morgan fingerprint density at radius 3 is 2.58 bits per heavy atom. The van der Waals surface area contributed by atoms with Crippen molar-refractivity contribution in [1.82, 2.24) is 9.97 Å². The molecule has 0 bridgehead atoms. The van der Waals surface area contributed by atoms with Crippen molar-refractivity contribution in [2.45, 2.75) is 11.4 Å². The highest BCUT2D eigenvalue weighted by atomic mass is 32.2. The van der Waals surface area contributed by atoms with E-state index >= 15 is 0 Å². The number of nitrogens with one attached hydrogen (secondary N) is 1. The molecule has 0 radical (unpaired) electrons. The molecule has 0 spiro atoms. The molecule has 1 aromatic heterocycles. The van der Waals surface area contributed by atoms with Gasteiger partial charge in [0.2, 0.25) is 10.0 Å². The zero-order valence-electron chi connectivity index (χ0n) is 14.1. The second-order valence-corrected chi connectivity index (χ2v) is 7.02. The van der Waals surface area contributed by atoms with Gasteiger partial charge in [0, 0.05) is 18.2 Å². The highest BCUT2D eigenvalue weighted by Crippen LogP contribution is 2.28. The van der Waals surface area contributed by atoms with Crippen LogP contribution in [0.15, 0.2) is 65.8 Å². The van der Waals surface area contributed by atoms with Crippen LogP contribution in [0, 0.1) is 0 Å². The summed E-state index contributed by atoms with van der Waals surface area (Å²) in [5.41, 5.74) is 2.09. The zero-order chi connectivity index (χ0) is 18.6. The van der Waals surface area contributed by atoms with E-state index in [1.54, 1.807) is 31.4 Å². The standard InChI is InChI=1S/C18H18N4O3S/c1-25-16-8-4-3-7-14(16)15-10-18(22-12-21-15)20-11-13-6-2-5-9-17(13)26(19,23)24/h2-10,12H,11H2,1H3,(H2,19,23,24)(H,20,21,22). The van der Waals surface area contributed by atoms with Gasteiger partial charge in [-0.25, -0.2) is 23.5 Å². The smallest absolute Gasteiger partial charge is 0.238 e. The average molecular weight is 370 g/mol. The van der Waals surface area contributed by atoms with Gasteiger partial charge in [0.15, 0.2) is 0 Å². The molecule has 26 heavy (non-hydrogen) atoms. The molecule has 3 N–H and O–H groups in total. The Bertz CT molecular complexity index is 1020. The van der Waals surface area contributed by atoms with Crippen LogP contribution in [0.4, 0.5) is 5.82 Å². The summed E-state index contributed by atoms with van der Waals surface area (Å²) in [6.45, 7) is 0.259. The van der Waals surface area contributed by atoms with Gasteiger partial charge in [-0.05, 0) is 23.8 Å². The predicted molar refractivity (Wildman–Crippen MR) is 99.2 cm³/mol. The summed E-state index contributed by atoms with van der Waals surface area (Å²) < 4.78 is 28.7. The number of methoxy groups -OCH3 is 1. The maximum absolute atomic E-state index is 11.7. The fourth-order valence-corrected chi connectivity index (χ4v) is 3.34. The van der Waals surface area contributed by atoms with Crippen LogP contribution in [-0.2, 0) is 16.6 Å². The van der Waals surface area contributed by atoms with Gasteiger partial charge < -0.3 is 10.1 Å². The number of sulfonamides is 1. The van der Waals surface area contributed by atoms with Crippen molar-refractivity contribution in [3.8, 4) is 17.0 Å². The SMILES string of the molecule is COc1ccccc1-c1cc(NCc2ccccc2S(N)(=O)=O)ncn1. The number of benzene rings is 2. The second-order valence-electron chi connectivity index (χ2n) is 5.50. The minimum Gasteiger partial charge on any atom is -0.496 e. The van der Waals surface area contributed by atoms with Crippen molar-refractivity contribution in [1.29, 1.82) is 0 Å². The molecule has 0 saturated heterocycles. The van der Waals surface area contributed by atoms with Gasteiger partial charge in [-0.2, -0.15) is 0 Å². The Hall–Kier alpha value is -2.97. The monoisotopic (exact) mass is 370 g/mol. The second kappa shape index (κ2) is 7.51. The van der Waals surface area contributed by atoms with E-state index in [1.807, 2.05) is 24.3 Å². The van der Waals surface area contributed by atoms with Crippen LogP contribution in [0.2, 0.25) is 0 Å². The van der Waals surface area contributed by atoms with Gasteiger partial charge in [0.25, 0.3) is 0 Å². The number of ether oxygens (including phenoxy) is 1. The number of primary sulfonamides is 1. The average Bonchev–Trinajstić information content (AvgIpc) is 2.66. The predicted octanol–water partition coefficient (Wildman–Crippen LogP) is 2.41. The molecule has 1 heterocycles. The normalized spacial score (nSPS) is 11.2. The number of para-hydroxylation sites is 1. The largest absolute Gasteiger partial charge is 0.496 e. The number of nitrogens with two attached hydrogens (primary N) is 1. The third-order valence-electron chi connectivity index (χ3n) is 3.79. The van der Waals surface area contributed by atoms with Gasteiger partial charge in [-0.15, -0.1) is 0 Å². The van der Waals surface area contributed by atoms with E-state index in [2.05, 4.69) is 15.3 Å². The first-order chi connectivity index (χ1) is 12.5. The quantitative estimate of drug-likeness (QED) is 0.690. The summed E-state index contributed by atoms with van der Waals surface area (Å²) in [7, 11) is -2.19. The van der Waals surface area contributed by atoms with Crippen molar-refractivity contribution in [2.75, 3.05) is 12.4 Å². The summed E-state index contributed by atoms with van der Waals surface area (Å²) in [5.74, 6) is 1.27. The van der Waals surface area contributed by atoms with Gasteiger partial charge in [0.1, 0.15) is 17.9 Å². The number of anilines is 1. The van der Waals surface area contributed by atoms with E-state index in [0.717, 1.165) is 5.56 Å². The lowest BCUT2D eigenvalue weighted by Gasteiger charge is -2.11. The molecule has 0 atom stereocenters. The summed E-state index contributed by atoms with van der Waals surface area (Å²) in [6, 6.07) is 15.9. The van der Waals surface area contributed by atoms with E-state index < -0.39 is 10.0 Å². The highest BCUT2D eigenvalue weighted by Gasteiger charge is 2.13. The Labute approximate surface area is 151 Å². The molecule has 0 saturated carbocycles. The summed E-state index contributed by atoms with van der Waals surface area (Å²) >= 11 is 0. The number of hydrogen-bond acceptors (Lipinski definition) is 6. The number of aromatic nitrogens is 2. The lowest BCUT2D eigenvalue weighted by atomic mass is 10.1. The summed E-state index contributed by atoms with van der Waals surface area (Å²) in [4.78, 5) is 8.56. The first kappa shape index (κ1) is 17.8. The molecular formula is C18H18N4O3S. The van der Waals surface area contributed by atoms with Crippen LogP contribution < -0.4 is 15.2 Å². The molecule has 0 aliphatic rings. The summed E-state index contributed by atoms with van der Waals surface area (Å²) in [6.07, 6.45) is 1.44. The van der Waals surface area contributed by atoms with Crippen LogP contribution in [0.3, 0.4) is 0 Å². The van der Waals surface area contributed by atoms with E-state index in [1.165, 1.54) is 12.4 Å². The zero-order valence-corrected chi connectivity index (χ0v) is 14.9. The molecule has 8 heteroatoms. The lowest BCUT2D eigenvalue weighted by molar-refractivity contribution is 0.416. The Kier molecular flexibility index (Phi) is 5.15. The molecule has 3 rings (SSSR count). The van der Waals surface area contributed by atoms with Crippen molar-refractivity contribution in [3.63, 3.8) is 0 Å². The third kappa shape index (κ3) is 3.98. The fraction of sp³-hybridized carbons (Fsp3) is 0.111. The maximum atomic E-state index is 11.7. The molecule has 2 aromatic carbocycles. The van der Waals surface area contributed by atoms with Crippen molar-refractivity contribution < 1.29 is 13.2 Å². The number of rotatable bonds is 6. The Morgan fingerprint density at radius 1 is 1.08 bits per heavy atom. The van der Waals surface area contributed by atoms with Crippen molar-refractivity contribution >= 4 is 15.8 Å². The van der Waals surface area contributed by atoms with Gasteiger partial charge >= 0.3 is 0 Å². The topological polar surface area (TPSA) is 107 Å². The van der Waals surface area contributed by atoms with Gasteiger partial charge in [-0.3, -0.25) is 0 Å². The van der Waals surface area contributed by atoms with E-state index in [0.29, 0.717) is 22.8 Å². The van der Waals surface area contributed by atoms with Crippen LogP contribution >= 0.6 is 0 Å². The minimum absolute atomic E-state index is 0.0894. The van der Waals surface area contributed by atoms with Crippen molar-refractivity contribution in [3.05, 3.63) is 66.5 Å². The summed E-state index contributed by atoms with van der Waals surface area (Å²) in [5, 5.41) is 8.37. The molecule has 7 nitrogen and oxygen atoms in total. The van der Waals surface area contributed by atoms with Crippen LogP contribution in [-0.4, -0.2) is 25.5 Å². The lowest BCUT2D eigenvalue weighted by Crippen LogP contribution is -2.16. The Morgan fingerprint density at radius 2 is 1.81 bits per heavy atom. The first-order valence-electron chi connectivity index (χ1n) is 7.79. The van der Waals surface area contributed by atoms with Gasteiger partial charge in [0.05, 0.1) is 17.7 Å². The molecule has 0 unspecified atom stereocenters. The third-order valence-corrected chi connectivity index (χ3v) is 4.80. The van der Waals surface area contributed by atoms with E-state index in [4.69, 9.17) is 9.88 Å². The first-order valence-corrected chi connectivity index (χ1v) is 9.33. The van der Waals surface area contributed by atoms with Crippen molar-refractivity contribution in [2.24, 2.45) is 5.14 Å². The van der Waals surface area contributed by atoms with Crippen LogP contribution in [0.5, 0.6) is 5.75 Å². The molecular weight excluding hydrogens is 352 g/mol. The molecule has 0 aliphatic carbocycles. The van der Waals surface area contributed by atoms with Crippen LogP contribution in [0.1, 0.15) is 5.56 Å². The molecule has 134 valence electrons. The molecule has 0 aliphatic heterocycles. The van der Waals surface area contributed by atoms with E-state index in [9.17, 15) is 8.42 Å². The number of hydrogen-bond donors (Lipinski definition) is 2. The molecule has 0 fully saturated rings. The van der Waals surface area contributed by atoms with E-state index in [-0.39, 0.29) is 11.4 Å². The molecule has 3 aromatic rings. The number of nitrogens with zero attached hydrogens (tertiary/aromatic N) is 2. The maximum Gasteiger partial charge on any atom is 0.238 e. The fourth-order valence-electron chi connectivity index (χ4n) is 2.57. The minimum atomic E-state index is -3.79.